The second kappa shape index (κ2) is 7.03. The molecule has 7 heteroatoms. The van der Waals surface area contributed by atoms with Gasteiger partial charge in [0.1, 0.15) is 5.75 Å². The van der Waals surface area contributed by atoms with Crippen LogP contribution in [0.4, 0.5) is 0 Å². The Kier molecular flexibility index (Phi) is 5.10. The second-order valence-corrected chi connectivity index (χ2v) is 5.17. The molecule has 21 heavy (non-hydrogen) atoms. The number of nitrogens with one attached hydrogen (secondary N) is 2. The first kappa shape index (κ1) is 15.2. The number of ether oxygens (including phenoxy) is 1. The van der Waals surface area contributed by atoms with Crippen molar-refractivity contribution in [2.24, 2.45) is 5.10 Å². The van der Waals surface area contributed by atoms with Gasteiger partial charge in [-0.15, -0.1) is 0 Å². The van der Waals surface area contributed by atoms with Crippen molar-refractivity contribution >= 4 is 28.1 Å². The molecule has 0 fully saturated rings. The summed E-state index contributed by atoms with van der Waals surface area (Å²) in [6.07, 6.45) is 1.53. The zero-order valence-electron chi connectivity index (χ0n) is 11.7. The van der Waals surface area contributed by atoms with E-state index in [1.807, 2.05) is 32.0 Å². The number of rotatable bonds is 5. The minimum Gasteiger partial charge on any atom is -0.493 e. The number of nitrogens with zero attached hydrogens (tertiary/aromatic N) is 2. The summed E-state index contributed by atoms with van der Waals surface area (Å²) in [4.78, 5) is 11.8. The summed E-state index contributed by atoms with van der Waals surface area (Å²) in [5.41, 5.74) is 4.30. The number of H-pyrrole nitrogens is 1. The van der Waals surface area contributed by atoms with Crippen molar-refractivity contribution < 1.29 is 9.53 Å². The molecule has 0 radical (unpaired) electrons. The van der Waals surface area contributed by atoms with E-state index >= 15 is 0 Å². The van der Waals surface area contributed by atoms with Gasteiger partial charge in [0.25, 0.3) is 5.91 Å². The maximum atomic E-state index is 11.8. The first-order chi connectivity index (χ1) is 10.1. The number of carbonyl (C=O) groups excluding carboxylic acids is 1. The molecule has 0 bridgehead atoms. The Morgan fingerprint density at radius 2 is 2.33 bits per heavy atom. The van der Waals surface area contributed by atoms with Crippen molar-refractivity contribution in [3.05, 3.63) is 45.7 Å². The van der Waals surface area contributed by atoms with Gasteiger partial charge in [-0.3, -0.25) is 9.89 Å². The lowest BCUT2D eigenvalue weighted by molar-refractivity contribution is 0.0950. The van der Waals surface area contributed by atoms with E-state index in [2.05, 4.69) is 36.7 Å². The number of benzene rings is 1. The molecule has 0 aliphatic carbocycles. The van der Waals surface area contributed by atoms with Crippen LogP contribution in [0, 0.1) is 6.92 Å². The van der Waals surface area contributed by atoms with Gasteiger partial charge in [0.15, 0.2) is 5.69 Å². The van der Waals surface area contributed by atoms with Crippen LogP contribution in [0.5, 0.6) is 5.75 Å². The van der Waals surface area contributed by atoms with Crippen LogP contribution in [0.3, 0.4) is 0 Å². The average molecular weight is 351 g/mol. The lowest BCUT2D eigenvalue weighted by Crippen LogP contribution is -2.18. The number of halogens is 1. The van der Waals surface area contributed by atoms with Crippen molar-refractivity contribution in [2.45, 2.75) is 13.8 Å². The molecule has 0 aliphatic rings. The molecule has 110 valence electrons. The molecule has 1 aromatic carbocycles. The van der Waals surface area contributed by atoms with E-state index in [1.165, 1.54) is 6.21 Å². The normalized spacial score (nSPS) is 10.8. The summed E-state index contributed by atoms with van der Waals surface area (Å²) >= 11 is 3.39. The maximum Gasteiger partial charge on any atom is 0.291 e. The van der Waals surface area contributed by atoms with Gasteiger partial charge >= 0.3 is 0 Å². The number of aryl methyl sites for hydroxylation is 1. The van der Waals surface area contributed by atoms with Gasteiger partial charge in [-0.05, 0) is 38.1 Å². The van der Waals surface area contributed by atoms with E-state index in [-0.39, 0.29) is 5.91 Å². The highest BCUT2D eigenvalue weighted by atomic mass is 79.9. The third-order valence-corrected chi connectivity index (χ3v) is 3.07. The molecule has 2 aromatic rings. The Morgan fingerprint density at radius 1 is 1.52 bits per heavy atom. The third kappa shape index (κ3) is 4.16. The molecule has 0 aliphatic heterocycles. The van der Waals surface area contributed by atoms with E-state index < -0.39 is 0 Å². The Hall–Kier alpha value is -2.15. The molecule has 0 spiro atoms. The summed E-state index contributed by atoms with van der Waals surface area (Å²) in [6, 6.07) is 7.23. The fraction of sp³-hybridized carbons (Fsp3) is 0.214. The van der Waals surface area contributed by atoms with Gasteiger partial charge in [0.2, 0.25) is 0 Å². The lowest BCUT2D eigenvalue weighted by atomic mass is 10.2. The molecule has 0 saturated carbocycles. The van der Waals surface area contributed by atoms with Crippen LogP contribution in [0.15, 0.2) is 33.8 Å². The first-order valence-electron chi connectivity index (χ1n) is 6.38. The first-order valence-corrected chi connectivity index (χ1v) is 7.17. The second-order valence-electron chi connectivity index (χ2n) is 4.25. The smallest absolute Gasteiger partial charge is 0.291 e. The van der Waals surface area contributed by atoms with E-state index in [4.69, 9.17) is 4.74 Å². The summed E-state index contributed by atoms with van der Waals surface area (Å²) in [5, 5.41) is 10.5. The molecule has 2 rings (SSSR count). The van der Waals surface area contributed by atoms with Gasteiger partial charge in [0, 0.05) is 15.7 Å². The number of carbonyl (C=O) groups is 1. The number of hydrogen-bond acceptors (Lipinski definition) is 4. The van der Waals surface area contributed by atoms with Crippen LogP contribution < -0.4 is 10.2 Å². The summed E-state index contributed by atoms with van der Waals surface area (Å²) in [7, 11) is 0. The van der Waals surface area contributed by atoms with Crippen LogP contribution in [0.25, 0.3) is 0 Å². The number of amides is 1. The Bertz CT molecular complexity index is 667. The van der Waals surface area contributed by atoms with Crippen molar-refractivity contribution in [1.82, 2.24) is 15.6 Å². The molecule has 1 amide bonds. The van der Waals surface area contributed by atoms with Crippen LogP contribution >= 0.6 is 15.9 Å². The van der Waals surface area contributed by atoms with Gasteiger partial charge in [-0.2, -0.15) is 10.2 Å². The SMILES string of the molecule is CCOc1ccc(Br)cc1/C=N\NC(=O)c1cc(C)[nH]n1. The minimum absolute atomic E-state index is 0.295. The van der Waals surface area contributed by atoms with Gasteiger partial charge < -0.3 is 4.74 Å². The molecular formula is C14H15BrN4O2. The zero-order chi connectivity index (χ0) is 15.2. The minimum atomic E-state index is -0.372. The van der Waals surface area contributed by atoms with Crippen molar-refractivity contribution in [3.63, 3.8) is 0 Å². The number of aromatic nitrogens is 2. The topological polar surface area (TPSA) is 79.4 Å². The fourth-order valence-electron chi connectivity index (χ4n) is 1.66. The number of hydrogen-bond donors (Lipinski definition) is 2. The van der Waals surface area contributed by atoms with Crippen molar-refractivity contribution in [2.75, 3.05) is 6.61 Å². The molecular weight excluding hydrogens is 336 g/mol. The van der Waals surface area contributed by atoms with E-state index in [0.29, 0.717) is 18.1 Å². The third-order valence-electron chi connectivity index (χ3n) is 2.58. The van der Waals surface area contributed by atoms with Crippen molar-refractivity contribution in [1.29, 1.82) is 0 Å². The predicted molar refractivity (Wildman–Crippen MR) is 83.7 cm³/mol. The van der Waals surface area contributed by atoms with Crippen LogP contribution in [0.2, 0.25) is 0 Å². The van der Waals surface area contributed by atoms with E-state index in [1.54, 1.807) is 6.07 Å². The quantitative estimate of drug-likeness (QED) is 0.642. The Balaban J connectivity index is 2.07. The summed E-state index contributed by atoms with van der Waals surface area (Å²) in [6.45, 7) is 4.29. The van der Waals surface area contributed by atoms with Gasteiger partial charge in [0.05, 0.1) is 12.8 Å². The zero-order valence-corrected chi connectivity index (χ0v) is 13.3. The van der Waals surface area contributed by atoms with Crippen molar-refractivity contribution in [3.8, 4) is 5.75 Å². The molecule has 0 saturated heterocycles. The summed E-state index contributed by atoms with van der Waals surface area (Å²) < 4.78 is 6.40. The molecule has 0 unspecified atom stereocenters. The average Bonchev–Trinajstić information content (AvgIpc) is 2.88. The maximum absolute atomic E-state index is 11.8. The van der Waals surface area contributed by atoms with Crippen LogP contribution in [-0.2, 0) is 0 Å². The Morgan fingerprint density at radius 3 is 3.00 bits per heavy atom. The highest BCUT2D eigenvalue weighted by Crippen LogP contribution is 2.21. The number of hydrazone groups is 1. The molecule has 1 aromatic heterocycles. The van der Waals surface area contributed by atoms with Gasteiger partial charge in [-0.1, -0.05) is 15.9 Å². The molecule has 0 atom stereocenters. The lowest BCUT2D eigenvalue weighted by Gasteiger charge is -2.06. The highest BCUT2D eigenvalue weighted by Gasteiger charge is 2.08. The fourth-order valence-corrected chi connectivity index (χ4v) is 2.04. The van der Waals surface area contributed by atoms with Crippen LogP contribution in [-0.4, -0.2) is 28.9 Å². The van der Waals surface area contributed by atoms with E-state index in [0.717, 1.165) is 15.7 Å². The molecule has 1 heterocycles. The monoisotopic (exact) mass is 350 g/mol. The molecule has 2 N–H and O–H groups in total. The predicted octanol–water partition coefficient (Wildman–Crippen LogP) is 2.64. The van der Waals surface area contributed by atoms with Crippen LogP contribution in [0.1, 0.15) is 28.7 Å². The Labute approximate surface area is 130 Å². The standard InChI is InChI=1S/C14H15BrN4O2/c1-3-21-13-5-4-11(15)7-10(13)8-16-19-14(20)12-6-9(2)17-18-12/h4-8H,3H2,1-2H3,(H,17,18)(H,19,20)/b16-8-. The largest absolute Gasteiger partial charge is 0.493 e. The van der Waals surface area contributed by atoms with Gasteiger partial charge in [-0.25, -0.2) is 5.43 Å². The molecule has 6 nitrogen and oxygen atoms in total. The van der Waals surface area contributed by atoms with E-state index in [9.17, 15) is 4.79 Å². The highest BCUT2D eigenvalue weighted by molar-refractivity contribution is 9.10. The summed E-state index contributed by atoms with van der Waals surface area (Å²) in [5.74, 6) is 0.331. The number of aromatic amines is 1.